The molecule has 0 spiro atoms. The second kappa shape index (κ2) is 3.47. The van der Waals surface area contributed by atoms with E-state index in [1.165, 1.54) is 0 Å². The van der Waals surface area contributed by atoms with Gasteiger partial charge < -0.3 is 9.64 Å². The molecule has 0 bridgehead atoms. The maximum atomic E-state index is 11.7. The van der Waals surface area contributed by atoms with Crippen molar-refractivity contribution >= 4 is 11.9 Å². The van der Waals surface area contributed by atoms with Crippen LogP contribution in [0.1, 0.15) is 32.6 Å². The number of ether oxygens (including phenoxy) is 1. The standard InChI is InChI=1S/C12H17NO3/c1-7-11-8-4-5-10(14)13(8)6-2-3-9(11)16-12(7)15/h7-9,11H,2-6H2,1H3. The topological polar surface area (TPSA) is 46.6 Å². The summed E-state index contributed by atoms with van der Waals surface area (Å²) in [6, 6.07) is 0.251. The molecule has 88 valence electrons. The van der Waals surface area contributed by atoms with Crippen molar-refractivity contribution in [3.8, 4) is 0 Å². The fourth-order valence-corrected chi connectivity index (χ4v) is 3.56. The largest absolute Gasteiger partial charge is 0.462 e. The maximum Gasteiger partial charge on any atom is 0.309 e. The zero-order chi connectivity index (χ0) is 11.3. The molecule has 3 saturated heterocycles. The predicted molar refractivity (Wildman–Crippen MR) is 56.5 cm³/mol. The number of amides is 1. The van der Waals surface area contributed by atoms with Gasteiger partial charge >= 0.3 is 5.97 Å². The molecular formula is C12H17NO3. The summed E-state index contributed by atoms with van der Waals surface area (Å²) in [4.78, 5) is 25.3. The highest BCUT2D eigenvalue weighted by molar-refractivity contribution is 5.80. The van der Waals surface area contributed by atoms with Crippen LogP contribution in [0.3, 0.4) is 0 Å². The van der Waals surface area contributed by atoms with Gasteiger partial charge in [0.05, 0.1) is 5.92 Å². The van der Waals surface area contributed by atoms with Crippen LogP contribution < -0.4 is 0 Å². The highest BCUT2D eigenvalue weighted by atomic mass is 16.6. The zero-order valence-electron chi connectivity index (χ0n) is 9.52. The summed E-state index contributed by atoms with van der Waals surface area (Å²) >= 11 is 0. The number of nitrogens with zero attached hydrogens (tertiary/aromatic N) is 1. The summed E-state index contributed by atoms with van der Waals surface area (Å²) in [5, 5.41) is 0. The lowest BCUT2D eigenvalue weighted by Gasteiger charge is -2.29. The lowest BCUT2D eigenvalue weighted by atomic mass is 9.83. The van der Waals surface area contributed by atoms with Gasteiger partial charge in [-0.15, -0.1) is 0 Å². The molecule has 4 unspecified atom stereocenters. The second-order valence-electron chi connectivity index (χ2n) is 5.18. The van der Waals surface area contributed by atoms with Gasteiger partial charge in [0.2, 0.25) is 5.91 Å². The minimum atomic E-state index is -0.0730. The van der Waals surface area contributed by atoms with Gasteiger partial charge in [-0.2, -0.15) is 0 Å². The Bertz CT molecular complexity index is 339. The van der Waals surface area contributed by atoms with Gasteiger partial charge in [0.1, 0.15) is 6.10 Å². The number of fused-ring (bicyclic) bond motifs is 3. The first kappa shape index (κ1) is 10.1. The molecule has 4 nitrogen and oxygen atoms in total. The summed E-state index contributed by atoms with van der Waals surface area (Å²) in [6.07, 6.45) is 3.49. The van der Waals surface area contributed by atoms with E-state index in [9.17, 15) is 9.59 Å². The smallest absolute Gasteiger partial charge is 0.309 e. The van der Waals surface area contributed by atoms with E-state index in [0.29, 0.717) is 6.42 Å². The highest BCUT2D eigenvalue weighted by Gasteiger charge is 2.51. The van der Waals surface area contributed by atoms with Crippen LogP contribution in [0.25, 0.3) is 0 Å². The van der Waals surface area contributed by atoms with Gasteiger partial charge in [-0.3, -0.25) is 9.59 Å². The molecule has 3 rings (SSSR count). The minimum Gasteiger partial charge on any atom is -0.462 e. The van der Waals surface area contributed by atoms with E-state index < -0.39 is 0 Å². The van der Waals surface area contributed by atoms with Crippen LogP contribution in [0.4, 0.5) is 0 Å². The molecule has 0 aromatic heterocycles. The van der Waals surface area contributed by atoms with Gasteiger partial charge in [-0.05, 0) is 19.3 Å². The average Bonchev–Trinajstić information content (AvgIpc) is 2.67. The van der Waals surface area contributed by atoms with Crippen molar-refractivity contribution in [2.24, 2.45) is 11.8 Å². The number of hydrogen-bond acceptors (Lipinski definition) is 3. The molecule has 16 heavy (non-hydrogen) atoms. The Balaban J connectivity index is 1.91. The van der Waals surface area contributed by atoms with Gasteiger partial charge in [0.25, 0.3) is 0 Å². The Labute approximate surface area is 94.9 Å². The lowest BCUT2D eigenvalue weighted by molar-refractivity contribution is -0.144. The first-order chi connectivity index (χ1) is 7.68. The predicted octanol–water partition coefficient (Wildman–Crippen LogP) is 0.949. The fourth-order valence-electron chi connectivity index (χ4n) is 3.56. The first-order valence-corrected chi connectivity index (χ1v) is 6.18. The molecule has 0 saturated carbocycles. The Morgan fingerprint density at radius 1 is 1.31 bits per heavy atom. The third-order valence-corrected chi connectivity index (χ3v) is 4.35. The van der Waals surface area contributed by atoms with E-state index in [0.717, 1.165) is 25.8 Å². The molecule has 3 aliphatic heterocycles. The summed E-state index contributed by atoms with van der Waals surface area (Å²) in [6.45, 7) is 2.79. The van der Waals surface area contributed by atoms with Crippen LogP contribution >= 0.6 is 0 Å². The van der Waals surface area contributed by atoms with Crippen molar-refractivity contribution < 1.29 is 14.3 Å². The molecule has 3 fully saturated rings. The molecule has 4 heteroatoms. The molecule has 4 atom stereocenters. The number of hydrogen-bond donors (Lipinski definition) is 0. The molecule has 0 radical (unpaired) electrons. The zero-order valence-corrected chi connectivity index (χ0v) is 9.52. The fraction of sp³-hybridized carbons (Fsp3) is 0.833. The Morgan fingerprint density at radius 2 is 2.12 bits per heavy atom. The SMILES string of the molecule is CC1C(=O)OC2CCCN3C(=O)CCC3C21. The molecule has 0 aromatic rings. The first-order valence-electron chi connectivity index (χ1n) is 6.18. The lowest BCUT2D eigenvalue weighted by Crippen LogP contribution is -2.41. The quantitative estimate of drug-likeness (QED) is 0.574. The number of carbonyl (C=O) groups excluding carboxylic acids is 2. The normalized spacial score (nSPS) is 42.7. The van der Waals surface area contributed by atoms with Gasteiger partial charge in [-0.1, -0.05) is 6.92 Å². The molecule has 0 aliphatic carbocycles. The van der Waals surface area contributed by atoms with Gasteiger partial charge in [0, 0.05) is 24.9 Å². The number of carbonyl (C=O) groups is 2. The van der Waals surface area contributed by atoms with Crippen LogP contribution in [-0.4, -0.2) is 35.5 Å². The summed E-state index contributed by atoms with van der Waals surface area (Å²) in [5.74, 6) is 0.386. The van der Waals surface area contributed by atoms with Crippen LogP contribution in [0.5, 0.6) is 0 Å². The molecular weight excluding hydrogens is 206 g/mol. The molecule has 0 N–H and O–H groups in total. The van der Waals surface area contributed by atoms with Crippen molar-refractivity contribution in [1.82, 2.24) is 4.90 Å². The molecule has 3 heterocycles. The number of esters is 1. The third-order valence-electron chi connectivity index (χ3n) is 4.35. The highest BCUT2D eigenvalue weighted by Crippen LogP contribution is 2.41. The van der Waals surface area contributed by atoms with E-state index >= 15 is 0 Å². The number of rotatable bonds is 0. The van der Waals surface area contributed by atoms with Crippen molar-refractivity contribution in [2.45, 2.75) is 44.8 Å². The van der Waals surface area contributed by atoms with E-state index in [1.54, 1.807) is 0 Å². The summed E-state index contributed by atoms with van der Waals surface area (Å²) in [7, 11) is 0. The van der Waals surface area contributed by atoms with Crippen molar-refractivity contribution in [1.29, 1.82) is 0 Å². The summed E-state index contributed by atoms with van der Waals surface area (Å²) in [5.41, 5.74) is 0. The van der Waals surface area contributed by atoms with Gasteiger partial charge in [0.15, 0.2) is 0 Å². The molecule has 1 amide bonds. The summed E-state index contributed by atoms with van der Waals surface area (Å²) < 4.78 is 5.42. The van der Waals surface area contributed by atoms with E-state index in [-0.39, 0.29) is 35.9 Å². The molecule has 0 aromatic carbocycles. The van der Waals surface area contributed by atoms with Crippen molar-refractivity contribution in [2.75, 3.05) is 6.54 Å². The van der Waals surface area contributed by atoms with Gasteiger partial charge in [-0.25, -0.2) is 0 Å². The van der Waals surface area contributed by atoms with Crippen molar-refractivity contribution in [3.63, 3.8) is 0 Å². The third kappa shape index (κ3) is 1.28. The van der Waals surface area contributed by atoms with E-state index in [2.05, 4.69) is 0 Å². The van der Waals surface area contributed by atoms with Crippen molar-refractivity contribution in [3.05, 3.63) is 0 Å². The van der Waals surface area contributed by atoms with Crippen LogP contribution in [-0.2, 0) is 14.3 Å². The Morgan fingerprint density at radius 3 is 2.94 bits per heavy atom. The van der Waals surface area contributed by atoms with E-state index in [4.69, 9.17) is 4.74 Å². The van der Waals surface area contributed by atoms with Crippen LogP contribution in [0, 0.1) is 11.8 Å². The average molecular weight is 223 g/mol. The van der Waals surface area contributed by atoms with Crippen LogP contribution in [0.15, 0.2) is 0 Å². The minimum absolute atomic E-state index is 0.0403. The Kier molecular flexibility index (Phi) is 2.19. The van der Waals surface area contributed by atoms with E-state index in [1.807, 2.05) is 11.8 Å². The Hall–Kier alpha value is -1.06. The van der Waals surface area contributed by atoms with Crippen LogP contribution in [0.2, 0.25) is 0 Å². The molecule has 3 aliphatic rings. The second-order valence-corrected chi connectivity index (χ2v) is 5.18. The monoisotopic (exact) mass is 223 g/mol. The maximum absolute atomic E-state index is 11.7.